The van der Waals surface area contributed by atoms with Crippen molar-refractivity contribution in [1.29, 1.82) is 0 Å². The number of urea groups is 1. The lowest BCUT2D eigenvalue weighted by atomic mass is 9.84. The molecule has 2 rings (SSSR count). The predicted molar refractivity (Wildman–Crippen MR) is 71.0 cm³/mol. The van der Waals surface area contributed by atoms with Gasteiger partial charge in [0.25, 0.3) is 0 Å². The summed E-state index contributed by atoms with van der Waals surface area (Å²) in [5.41, 5.74) is 0. The van der Waals surface area contributed by atoms with Gasteiger partial charge in [0.05, 0.1) is 5.92 Å². The fraction of sp³-hybridized carbons (Fsp3) is 0.846. The molecule has 0 radical (unpaired) electrons. The number of carbonyl (C=O) groups excluding carboxylic acids is 1. The van der Waals surface area contributed by atoms with Gasteiger partial charge in [-0.05, 0) is 25.8 Å². The Morgan fingerprint density at radius 1 is 1.11 bits per heavy atom. The molecule has 0 aromatic carbocycles. The van der Waals surface area contributed by atoms with E-state index < -0.39 is 11.9 Å². The Kier molecular flexibility index (Phi) is 5.01. The molecular weight excluding hydrogens is 246 g/mol. The van der Waals surface area contributed by atoms with Crippen molar-refractivity contribution in [1.82, 2.24) is 15.5 Å². The van der Waals surface area contributed by atoms with Crippen LogP contribution in [0.3, 0.4) is 0 Å². The van der Waals surface area contributed by atoms with Crippen molar-refractivity contribution in [2.75, 3.05) is 26.2 Å². The lowest BCUT2D eigenvalue weighted by Gasteiger charge is -2.31. The van der Waals surface area contributed by atoms with E-state index in [0.717, 1.165) is 45.3 Å². The summed E-state index contributed by atoms with van der Waals surface area (Å²) in [5, 5.41) is 15.4. The van der Waals surface area contributed by atoms with E-state index in [4.69, 9.17) is 0 Å². The molecule has 6 heteroatoms. The zero-order valence-corrected chi connectivity index (χ0v) is 11.2. The smallest absolute Gasteiger partial charge is 0.317 e. The van der Waals surface area contributed by atoms with Crippen LogP contribution in [0.1, 0.15) is 32.1 Å². The minimum Gasteiger partial charge on any atom is -0.481 e. The number of aliphatic carboxylic acids is 1. The number of carboxylic acid groups (broad SMARTS) is 1. The Morgan fingerprint density at radius 3 is 2.68 bits per heavy atom. The highest BCUT2D eigenvalue weighted by molar-refractivity contribution is 5.77. The molecule has 1 aliphatic heterocycles. The van der Waals surface area contributed by atoms with E-state index in [1.165, 1.54) is 0 Å². The number of carbonyl (C=O) groups is 2. The molecular formula is C13H23N3O3. The van der Waals surface area contributed by atoms with Crippen molar-refractivity contribution in [3.05, 3.63) is 0 Å². The topological polar surface area (TPSA) is 81.7 Å². The van der Waals surface area contributed by atoms with Crippen LogP contribution in [0, 0.1) is 5.92 Å². The maximum Gasteiger partial charge on any atom is 0.317 e. The summed E-state index contributed by atoms with van der Waals surface area (Å²) in [4.78, 5) is 25.2. The van der Waals surface area contributed by atoms with Crippen molar-refractivity contribution in [3.8, 4) is 0 Å². The maximum absolute atomic E-state index is 12.2. The van der Waals surface area contributed by atoms with Gasteiger partial charge in [-0.25, -0.2) is 4.79 Å². The number of nitrogens with one attached hydrogen (secondary N) is 2. The van der Waals surface area contributed by atoms with Crippen LogP contribution in [0.4, 0.5) is 4.79 Å². The fourth-order valence-corrected chi connectivity index (χ4v) is 2.90. The minimum atomic E-state index is -0.789. The third kappa shape index (κ3) is 3.83. The zero-order valence-electron chi connectivity index (χ0n) is 11.2. The van der Waals surface area contributed by atoms with Gasteiger partial charge in [-0.15, -0.1) is 0 Å². The van der Waals surface area contributed by atoms with Gasteiger partial charge in [0.15, 0.2) is 0 Å². The van der Waals surface area contributed by atoms with Crippen LogP contribution in [0.2, 0.25) is 0 Å². The van der Waals surface area contributed by atoms with Gasteiger partial charge < -0.3 is 20.6 Å². The summed E-state index contributed by atoms with van der Waals surface area (Å²) in [6.45, 7) is 3.17. The second-order valence-electron chi connectivity index (χ2n) is 5.38. The first-order chi connectivity index (χ1) is 9.18. The van der Waals surface area contributed by atoms with Crippen molar-refractivity contribution in [2.45, 2.75) is 38.1 Å². The SMILES string of the molecule is O=C(O)C1CCCCC1NC(=O)N1CCCNCC1. The normalized spacial score (nSPS) is 28.5. The van der Waals surface area contributed by atoms with Gasteiger partial charge in [-0.3, -0.25) is 4.79 Å². The average molecular weight is 269 g/mol. The first kappa shape index (κ1) is 14.1. The first-order valence-electron chi connectivity index (χ1n) is 7.17. The van der Waals surface area contributed by atoms with E-state index in [9.17, 15) is 14.7 Å². The van der Waals surface area contributed by atoms with E-state index in [1.54, 1.807) is 4.90 Å². The molecule has 2 amide bonds. The summed E-state index contributed by atoms with van der Waals surface area (Å²) in [7, 11) is 0. The Hall–Kier alpha value is -1.30. The Balaban J connectivity index is 1.90. The molecule has 1 saturated carbocycles. The van der Waals surface area contributed by atoms with Gasteiger partial charge >= 0.3 is 12.0 Å². The Morgan fingerprint density at radius 2 is 1.89 bits per heavy atom. The number of carboxylic acids is 1. The summed E-state index contributed by atoms with van der Waals surface area (Å²) >= 11 is 0. The highest BCUT2D eigenvalue weighted by Gasteiger charge is 2.32. The molecule has 1 saturated heterocycles. The molecule has 2 unspecified atom stereocenters. The van der Waals surface area contributed by atoms with Crippen molar-refractivity contribution >= 4 is 12.0 Å². The summed E-state index contributed by atoms with van der Waals surface area (Å²) in [6, 6.07) is -0.322. The van der Waals surface area contributed by atoms with Gasteiger partial charge in [0.1, 0.15) is 0 Å². The third-order valence-electron chi connectivity index (χ3n) is 4.02. The minimum absolute atomic E-state index is 0.109. The average Bonchev–Trinajstić information content (AvgIpc) is 2.68. The quantitative estimate of drug-likeness (QED) is 0.687. The molecule has 0 spiro atoms. The fourth-order valence-electron chi connectivity index (χ4n) is 2.90. The molecule has 2 atom stereocenters. The van der Waals surface area contributed by atoms with Crippen LogP contribution in [-0.4, -0.2) is 54.2 Å². The highest BCUT2D eigenvalue weighted by atomic mass is 16.4. The van der Waals surface area contributed by atoms with Crippen molar-refractivity contribution in [3.63, 3.8) is 0 Å². The molecule has 1 heterocycles. The maximum atomic E-state index is 12.2. The molecule has 2 aliphatic rings. The van der Waals surface area contributed by atoms with Crippen LogP contribution < -0.4 is 10.6 Å². The van der Waals surface area contributed by atoms with Gasteiger partial charge in [-0.1, -0.05) is 12.8 Å². The number of nitrogens with zero attached hydrogens (tertiary/aromatic N) is 1. The second-order valence-corrected chi connectivity index (χ2v) is 5.38. The van der Waals surface area contributed by atoms with Crippen LogP contribution in [0.5, 0.6) is 0 Å². The van der Waals surface area contributed by atoms with Crippen LogP contribution in [-0.2, 0) is 4.79 Å². The van der Waals surface area contributed by atoms with E-state index in [1.807, 2.05) is 0 Å². The monoisotopic (exact) mass is 269 g/mol. The van der Waals surface area contributed by atoms with Crippen molar-refractivity contribution in [2.24, 2.45) is 5.92 Å². The summed E-state index contributed by atoms with van der Waals surface area (Å²) < 4.78 is 0. The Labute approximate surface area is 113 Å². The molecule has 1 aliphatic carbocycles. The van der Waals surface area contributed by atoms with E-state index in [0.29, 0.717) is 13.0 Å². The lowest BCUT2D eigenvalue weighted by molar-refractivity contribution is -0.143. The van der Waals surface area contributed by atoms with Crippen LogP contribution in [0.15, 0.2) is 0 Å². The summed E-state index contributed by atoms with van der Waals surface area (Å²) in [6.07, 6.45) is 4.32. The molecule has 19 heavy (non-hydrogen) atoms. The molecule has 2 fully saturated rings. The Bertz CT molecular complexity index is 327. The van der Waals surface area contributed by atoms with E-state index in [2.05, 4.69) is 10.6 Å². The van der Waals surface area contributed by atoms with E-state index >= 15 is 0 Å². The van der Waals surface area contributed by atoms with Gasteiger partial charge in [0, 0.05) is 25.7 Å². The number of hydrogen-bond donors (Lipinski definition) is 3. The second kappa shape index (κ2) is 6.75. The lowest BCUT2D eigenvalue weighted by Crippen LogP contribution is -2.50. The van der Waals surface area contributed by atoms with Crippen LogP contribution in [0.25, 0.3) is 0 Å². The summed E-state index contributed by atoms with van der Waals surface area (Å²) in [5.74, 6) is -1.22. The third-order valence-corrected chi connectivity index (χ3v) is 4.02. The van der Waals surface area contributed by atoms with Crippen LogP contribution >= 0.6 is 0 Å². The van der Waals surface area contributed by atoms with Gasteiger partial charge in [-0.2, -0.15) is 0 Å². The molecule has 3 N–H and O–H groups in total. The van der Waals surface area contributed by atoms with Gasteiger partial charge in [0.2, 0.25) is 0 Å². The van der Waals surface area contributed by atoms with Crippen molar-refractivity contribution < 1.29 is 14.7 Å². The molecule has 0 aromatic heterocycles. The first-order valence-corrected chi connectivity index (χ1v) is 7.17. The number of rotatable bonds is 2. The predicted octanol–water partition coefficient (Wildman–Crippen LogP) is 0.635. The molecule has 108 valence electrons. The zero-order chi connectivity index (χ0) is 13.7. The number of hydrogen-bond acceptors (Lipinski definition) is 3. The molecule has 6 nitrogen and oxygen atoms in total. The largest absolute Gasteiger partial charge is 0.481 e. The molecule has 0 aromatic rings. The molecule has 0 bridgehead atoms. The number of amides is 2. The van der Waals surface area contributed by atoms with E-state index in [-0.39, 0.29) is 12.1 Å². The standard InChI is InChI=1S/C13H23N3O3/c17-12(18)10-4-1-2-5-11(10)15-13(19)16-8-3-6-14-7-9-16/h10-11,14H,1-9H2,(H,15,19)(H,17,18). The highest BCUT2D eigenvalue weighted by Crippen LogP contribution is 2.24.